The van der Waals surface area contributed by atoms with E-state index in [9.17, 15) is 0 Å². The first-order chi connectivity index (χ1) is 12.3. The largest absolute Gasteiger partial charge is 0.368 e. The van der Waals surface area contributed by atoms with Crippen LogP contribution in [0.25, 0.3) is 0 Å². The van der Waals surface area contributed by atoms with Crippen molar-refractivity contribution >= 4 is 0 Å². The molecule has 0 bridgehead atoms. The van der Waals surface area contributed by atoms with Crippen LogP contribution >= 0.6 is 0 Å². The van der Waals surface area contributed by atoms with Gasteiger partial charge in [-0.3, -0.25) is 0 Å². The average molecular weight is 342 g/mol. The summed E-state index contributed by atoms with van der Waals surface area (Å²) in [6, 6.07) is 20.1. The standard InChI is InChI=1S/C20H26N2O3/c21-11-17-19(23-13-15-7-3-1-4-8-15)20(18(12-22)25-17)24-14-16-9-5-2-6-10-16/h1-10,17-20H,11-14,21-22H2/t17-,18-,19-,20-/m1/s1. The van der Waals surface area contributed by atoms with Gasteiger partial charge in [-0.05, 0) is 11.1 Å². The first-order valence-electron chi connectivity index (χ1n) is 8.68. The Hall–Kier alpha value is -1.76. The molecule has 1 aliphatic heterocycles. The molecule has 0 amide bonds. The molecule has 1 heterocycles. The fourth-order valence-corrected chi connectivity index (χ4v) is 3.12. The van der Waals surface area contributed by atoms with Crippen molar-refractivity contribution in [3.63, 3.8) is 0 Å². The second kappa shape index (κ2) is 9.08. The molecule has 0 spiro atoms. The van der Waals surface area contributed by atoms with Crippen molar-refractivity contribution in [1.29, 1.82) is 0 Å². The predicted molar refractivity (Wildman–Crippen MR) is 96.8 cm³/mol. The van der Waals surface area contributed by atoms with Gasteiger partial charge in [-0.1, -0.05) is 60.7 Å². The highest BCUT2D eigenvalue weighted by molar-refractivity contribution is 5.14. The van der Waals surface area contributed by atoms with Gasteiger partial charge in [-0.2, -0.15) is 0 Å². The summed E-state index contributed by atoms with van der Waals surface area (Å²) in [5, 5.41) is 0. The third kappa shape index (κ3) is 4.66. The van der Waals surface area contributed by atoms with Gasteiger partial charge in [0.2, 0.25) is 0 Å². The summed E-state index contributed by atoms with van der Waals surface area (Å²) in [7, 11) is 0. The van der Waals surface area contributed by atoms with E-state index in [-0.39, 0.29) is 24.4 Å². The average Bonchev–Trinajstić information content (AvgIpc) is 3.03. The van der Waals surface area contributed by atoms with E-state index in [1.54, 1.807) is 0 Å². The SMILES string of the molecule is NC[C@H]1O[C@H](CN)[C@@H](OCc2ccccc2)[C@@H]1OCc1ccccc1. The molecule has 134 valence electrons. The van der Waals surface area contributed by atoms with Crippen molar-refractivity contribution < 1.29 is 14.2 Å². The molecule has 4 atom stereocenters. The monoisotopic (exact) mass is 342 g/mol. The van der Waals surface area contributed by atoms with Crippen LogP contribution in [0.2, 0.25) is 0 Å². The second-order valence-electron chi connectivity index (χ2n) is 6.21. The molecule has 5 heteroatoms. The van der Waals surface area contributed by atoms with Crippen molar-refractivity contribution in [3.8, 4) is 0 Å². The molecule has 0 saturated carbocycles. The van der Waals surface area contributed by atoms with Crippen LogP contribution in [-0.4, -0.2) is 37.5 Å². The highest BCUT2D eigenvalue weighted by Crippen LogP contribution is 2.27. The third-order valence-electron chi connectivity index (χ3n) is 4.44. The molecule has 25 heavy (non-hydrogen) atoms. The molecule has 1 saturated heterocycles. The highest BCUT2D eigenvalue weighted by atomic mass is 16.6. The van der Waals surface area contributed by atoms with Crippen molar-refractivity contribution in [2.75, 3.05) is 13.1 Å². The fourth-order valence-electron chi connectivity index (χ4n) is 3.12. The topological polar surface area (TPSA) is 79.7 Å². The molecule has 0 aliphatic carbocycles. The summed E-state index contributed by atoms with van der Waals surface area (Å²) in [5.41, 5.74) is 14.0. The van der Waals surface area contributed by atoms with Crippen LogP contribution in [0.3, 0.4) is 0 Å². The maximum atomic E-state index is 6.14. The van der Waals surface area contributed by atoms with E-state index in [1.165, 1.54) is 0 Å². The molecule has 1 aliphatic rings. The van der Waals surface area contributed by atoms with Crippen LogP contribution < -0.4 is 11.5 Å². The van der Waals surface area contributed by atoms with Crippen molar-refractivity contribution in [2.24, 2.45) is 11.5 Å². The van der Waals surface area contributed by atoms with Crippen molar-refractivity contribution in [2.45, 2.75) is 37.6 Å². The number of rotatable bonds is 8. The molecule has 4 N–H and O–H groups in total. The summed E-state index contributed by atoms with van der Waals surface area (Å²) in [4.78, 5) is 0. The van der Waals surface area contributed by atoms with E-state index < -0.39 is 0 Å². The van der Waals surface area contributed by atoms with E-state index in [0.29, 0.717) is 26.3 Å². The number of ether oxygens (including phenoxy) is 3. The Balaban J connectivity index is 1.66. The number of nitrogens with two attached hydrogens (primary N) is 2. The van der Waals surface area contributed by atoms with Gasteiger partial charge in [0.1, 0.15) is 12.2 Å². The summed E-state index contributed by atoms with van der Waals surface area (Å²) in [5.74, 6) is 0. The highest BCUT2D eigenvalue weighted by Gasteiger charge is 2.44. The maximum absolute atomic E-state index is 6.14. The fraction of sp³-hybridized carbons (Fsp3) is 0.400. The molecule has 1 fully saturated rings. The summed E-state index contributed by atoms with van der Waals surface area (Å²) < 4.78 is 18.2. The summed E-state index contributed by atoms with van der Waals surface area (Å²) in [6.45, 7) is 1.74. The first kappa shape index (κ1) is 18.0. The normalized spacial score (nSPS) is 26.0. The smallest absolute Gasteiger partial charge is 0.114 e. The van der Waals surface area contributed by atoms with E-state index in [2.05, 4.69) is 0 Å². The van der Waals surface area contributed by atoms with E-state index >= 15 is 0 Å². The Morgan fingerprint density at radius 1 is 0.680 bits per heavy atom. The minimum atomic E-state index is -0.234. The molecule has 0 unspecified atom stereocenters. The predicted octanol–water partition coefficient (Wildman–Crippen LogP) is 1.84. The van der Waals surface area contributed by atoms with Crippen LogP contribution in [0.15, 0.2) is 60.7 Å². The lowest BCUT2D eigenvalue weighted by Crippen LogP contribution is -2.41. The van der Waals surface area contributed by atoms with Crippen LogP contribution in [-0.2, 0) is 27.4 Å². The zero-order valence-electron chi connectivity index (χ0n) is 14.3. The van der Waals surface area contributed by atoms with Crippen molar-refractivity contribution in [3.05, 3.63) is 71.8 Å². The number of benzene rings is 2. The lowest BCUT2D eigenvalue weighted by Gasteiger charge is -2.24. The number of hydrogen-bond acceptors (Lipinski definition) is 5. The van der Waals surface area contributed by atoms with Gasteiger partial charge in [0, 0.05) is 13.1 Å². The Labute approximate surface area is 148 Å². The third-order valence-corrected chi connectivity index (χ3v) is 4.44. The zero-order chi connectivity index (χ0) is 17.5. The van der Waals surface area contributed by atoms with E-state index in [0.717, 1.165) is 11.1 Å². The molecule has 2 aromatic carbocycles. The summed E-state index contributed by atoms with van der Waals surface area (Å²) >= 11 is 0. The molecular formula is C20H26N2O3. The van der Waals surface area contributed by atoms with Gasteiger partial charge in [-0.25, -0.2) is 0 Å². The zero-order valence-corrected chi connectivity index (χ0v) is 14.3. The molecule has 3 rings (SSSR count). The lowest BCUT2D eigenvalue weighted by molar-refractivity contribution is -0.0772. The van der Waals surface area contributed by atoms with Crippen LogP contribution in [0.4, 0.5) is 0 Å². The molecule has 0 aromatic heterocycles. The van der Waals surface area contributed by atoms with Gasteiger partial charge in [0.15, 0.2) is 0 Å². The lowest BCUT2D eigenvalue weighted by atomic mass is 10.1. The molecular weight excluding hydrogens is 316 g/mol. The molecule has 0 radical (unpaired) electrons. The Bertz CT molecular complexity index is 568. The van der Waals surface area contributed by atoms with Gasteiger partial charge < -0.3 is 25.7 Å². The van der Waals surface area contributed by atoms with Crippen LogP contribution in [0.1, 0.15) is 11.1 Å². The minimum Gasteiger partial charge on any atom is -0.368 e. The van der Waals surface area contributed by atoms with E-state index in [1.807, 2.05) is 60.7 Å². The van der Waals surface area contributed by atoms with Gasteiger partial charge in [0.25, 0.3) is 0 Å². The quantitative estimate of drug-likeness (QED) is 0.765. The van der Waals surface area contributed by atoms with Gasteiger partial charge in [-0.15, -0.1) is 0 Å². The van der Waals surface area contributed by atoms with Gasteiger partial charge in [0.05, 0.1) is 25.4 Å². The second-order valence-corrected chi connectivity index (χ2v) is 6.21. The minimum absolute atomic E-state index is 0.210. The van der Waals surface area contributed by atoms with Crippen molar-refractivity contribution in [1.82, 2.24) is 0 Å². The van der Waals surface area contributed by atoms with Crippen LogP contribution in [0, 0.1) is 0 Å². The van der Waals surface area contributed by atoms with E-state index in [4.69, 9.17) is 25.7 Å². The Morgan fingerprint density at radius 3 is 1.44 bits per heavy atom. The molecule has 2 aromatic rings. The number of hydrogen-bond donors (Lipinski definition) is 2. The Morgan fingerprint density at radius 2 is 1.08 bits per heavy atom. The molecule has 5 nitrogen and oxygen atoms in total. The van der Waals surface area contributed by atoms with Crippen LogP contribution in [0.5, 0.6) is 0 Å². The van der Waals surface area contributed by atoms with Gasteiger partial charge >= 0.3 is 0 Å². The first-order valence-corrected chi connectivity index (χ1v) is 8.68. The Kier molecular flexibility index (Phi) is 6.55. The maximum Gasteiger partial charge on any atom is 0.114 e. The summed E-state index contributed by atoms with van der Waals surface area (Å²) in [6.07, 6.45) is -0.888.